The van der Waals surface area contributed by atoms with E-state index in [4.69, 9.17) is 0 Å². The van der Waals surface area contributed by atoms with Crippen molar-refractivity contribution < 1.29 is 23.7 Å². The maximum atomic E-state index is 13.7. The SMILES string of the molecule is C[C@H]([NH2+]CC(=O)NNC(=O)c1ccccc1Br)c1ccc(F)cc1F. The van der Waals surface area contributed by atoms with Crippen LogP contribution in [0, 0.1) is 11.6 Å². The molecule has 0 radical (unpaired) electrons. The summed E-state index contributed by atoms with van der Waals surface area (Å²) >= 11 is 3.25. The van der Waals surface area contributed by atoms with Crippen molar-refractivity contribution in [3.05, 3.63) is 69.7 Å². The van der Waals surface area contributed by atoms with Crippen molar-refractivity contribution in [3.8, 4) is 0 Å². The minimum absolute atomic E-state index is 0.0335. The minimum Gasteiger partial charge on any atom is -0.332 e. The molecule has 4 N–H and O–H groups in total. The Morgan fingerprint density at radius 3 is 2.56 bits per heavy atom. The van der Waals surface area contributed by atoms with Crippen molar-refractivity contribution in [3.63, 3.8) is 0 Å². The zero-order valence-corrected chi connectivity index (χ0v) is 14.9. The molecule has 132 valence electrons. The van der Waals surface area contributed by atoms with Crippen LogP contribution >= 0.6 is 15.9 Å². The number of benzene rings is 2. The molecule has 0 saturated carbocycles. The highest BCUT2D eigenvalue weighted by molar-refractivity contribution is 9.10. The molecule has 2 aromatic carbocycles. The van der Waals surface area contributed by atoms with Crippen molar-refractivity contribution >= 4 is 27.7 Å². The monoisotopic (exact) mass is 412 g/mol. The Kier molecular flexibility index (Phi) is 6.60. The summed E-state index contributed by atoms with van der Waals surface area (Å²) in [6.07, 6.45) is 0. The molecule has 0 aliphatic carbocycles. The van der Waals surface area contributed by atoms with Crippen molar-refractivity contribution in [2.24, 2.45) is 0 Å². The quantitative estimate of drug-likeness (QED) is 0.655. The first-order valence-electron chi connectivity index (χ1n) is 7.50. The van der Waals surface area contributed by atoms with Crippen molar-refractivity contribution in [1.29, 1.82) is 0 Å². The number of carbonyl (C=O) groups excluding carboxylic acids is 2. The number of nitrogens with two attached hydrogens (primary N) is 1. The van der Waals surface area contributed by atoms with Gasteiger partial charge in [-0.2, -0.15) is 0 Å². The van der Waals surface area contributed by atoms with Crippen LogP contribution in [-0.4, -0.2) is 18.4 Å². The Bertz CT molecular complexity index is 786. The summed E-state index contributed by atoms with van der Waals surface area (Å²) in [7, 11) is 0. The van der Waals surface area contributed by atoms with Gasteiger partial charge in [-0.15, -0.1) is 0 Å². The van der Waals surface area contributed by atoms with Crippen LogP contribution in [0.1, 0.15) is 28.9 Å². The standard InChI is InChI=1S/C17H16BrF2N3O2/c1-10(12-7-6-11(19)8-15(12)20)21-9-16(24)22-23-17(25)13-4-2-3-5-14(13)18/h2-8,10,21H,9H2,1H3,(H,22,24)(H,23,25)/p+1/t10-/m0/s1. The molecule has 0 unspecified atom stereocenters. The highest BCUT2D eigenvalue weighted by Gasteiger charge is 2.16. The van der Waals surface area contributed by atoms with Gasteiger partial charge < -0.3 is 5.32 Å². The number of rotatable bonds is 5. The number of halogens is 3. The lowest BCUT2D eigenvalue weighted by Crippen LogP contribution is -2.87. The number of hydrogen-bond acceptors (Lipinski definition) is 2. The summed E-state index contributed by atoms with van der Waals surface area (Å²) in [5.74, 6) is -2.22. The lowest BCUT2D eigenvalue weighted by atomic mass is 10.1. The van der Waals surface area contributed by atoms with Gasteiger partial charge in [0.15, 0.2) is 6.54 Å². The van der Waals surface area contributed by atoms with E-state index >= 15 is 0 Å². The smallest absolute Gasteiger partial charge is 0.293 e. The Labute approximate surface area is 151 Å². The molecular weight excluding hydrogens is 396 g/mol. The summed E-state index contributed by atoms with van der Waals surface area (Å²) in [6.45, 7) is 1.66. The summed E-state index contributed by atoms with van der Waals surface area (Å²) < 4.78 is 27.2. The van der Waals surface area contributed by atoms with E-state index < -0.39 is 23.4 Å². The molecule has 0 heterocycles. The second-order valence-electron chi connectivity index (χ2n) is 5.38. The van der Waals surface area contributed by atoms with Gasteiger partial charge in [0.2, 0.25) is 0 Å². The number of hydrazine groups is 1. The van der Waals surface area contributed by atoms with Crippen LogP contribution in [0.15, 0.2) is 46.9 Å². The summed E-state index contributed by atoms with van der Waals surface area (Å²) in [5, 5.41) is 1.58. The second kappa shape index (κ2) is 8.68. The maximum Gasteiger partial charge on any atom is 0.293 e. The Hall–Kier alpha value is -2.32. The third-order valence-corrected chi connectivity index (χ3v) is 4.24. The van der Waals surface area contributed by atoms with Crippen LogP contribution in [0.5, 0.6) is 0 Å². The molecule has 25 heavy (non-hydrogen) atoms. The number of quaternary nitrogens is 1. The zero-order valence-electron chi connectivity index (χ0n) is 13.4. The first-order chi connectivity index (χ1) is 11.9. The molecular formula is C17H17BrF2N3O2+. The molecule has 0 aromatic heterocycles. The van der Waals surface area contributed by atoms with Crippen LogP contribution in [0.3, 0.4) is 0 Å². The zero-order chi connectivity index (χ0) is 18.4. The van der Waals surface area contributed by atoms with Gasteiger partial charge >= 0.3 is 0 Å². The Morgan fingerprint density at radius 2 is 1.88 bits per heavy atom. The summed E-state index contributed by atoms with van der Waals surface area (Å²) in [6, 6.07) is 9.72. The molecule has 0 saturated heterocycles. The average molecular weight is 413 g/mol. The van der Waals surface area contributed by atoms with E-state index in [0.717, 1.165) is 6.07 Å². The fourth-order valence-electron chi connectivity index (χ4n) is 2.17. The molecule has 0 spiro atoms. The van der Waals surface area contributed by atoms with Crippen molar-refractivity contribution in [2.75, 3.05) is 6.54 Å². The predicted molar refractivity (Wildman–Crippen MR) is 91.3 cm³/mol. The lowest BCUT2D eigenvalue weighted by molar-refractivity contribution is -0.682. The van der Waals surface area contributed by atoms with E-state index in [1.54, 1.807) is 36.5 Å². The van der Waals surface area contributed by atoms with Crippen molar-refractivity contribution in [1.82, 2.24) is 10.9 Å². The first-order valence-corrected chi connectivity index (χ1v) is 8.29. The van der Waals surface area contributed by atoms with Crippen LogP contribution in [0.4, 0.5) is 8.78 Å². The summed E-state index contributed by atoms with van der Waals surface area (Å²) in [4.78, 5) is 23.8. The molecule has 8 heteroatoms. The number of nitrogens with one attached hydrogen (secondary N) is 2. The second-order valence-corrected chi connectivity index (χ2v) is 6.23. The largest absolute Gasteiger partial charge is 0.332 e. The fourth-order valence-corrected chi connectivity index (χ4v) is 2.64. The first kappa shape index (κ1) is 19.0. The molecule has 0 bridgehead atoms. The van der Waals surface area contributed by atoms with Gasteiger partial charge in [-0.1, -0.05) is 12.1 Å². The van der Waals surface area contributed by atoms with E-state index in [1.807, 2.05) is 0 Å². The van der Waals surface area contributed by atoms with Crippen LogP contribution in [0.2, 0.25) is 0 Å². The van der Waals surface area contributed by atoms with E-state index in [9.17, 15) is 18.4 Å². The highest BCUT2D eigenvalue weighted by atomic mass is 79.9. The topological polar surface area (TPSA) is 74.8 Å². The number of hydrogen-bond donors (Lipinski definition) is 3. The third-order valence-electron chi connectivity index (χ3n) is 3.54. The molecule has 0 aliphatic heterocycles. The van der Waals surface area contributed by atoms with Gasteiger partial charge in [0.05, 0.1) is 5.56 Å². The predicted octanol–water partition coefficient (Wildman–Crippen LogP) is 1.81. The lowest BCUT2D eigenvalue weighted by Gasteiger charge is -2.12. The molecule has 5 nitrogen and oxygen atoms in total. The van der Waals surface area contributed by atoms with Gasteiger partial charge in [-0.3, -0.25) is 20.4 Å². The van der Waals surface area contributed by atoms with Gasteiger partial charge in [0, 0.05) is 16.1 Å². The van der Waals surface area contributed by atoms with E-state index in [1.165, 1.54) is 12.1 Å². The average Bonchev–Trinajstić information content (AvgIpc) is 2.58. The minimum atomic E-state index is -0.661. The normalized spacial score (nSPS) is 11.7. The third kappa shape index (κ3) is 5.33. The Morgan fingerprint density at radius 1 is 1.16 bits per heavy atom. The molecule has 1 atom stereocenters. The summed E-state index contributed by atoms with van der Waals surface area (Å²) in [5.41, 5.74) is 5.28. The van der Waals surface area contributed by atoms with Gasteiger partial charge in [0.25, 0.3) is 11.8 Å². The van der Waals surface area contributed by atoms with Crippen LogP contribution in [0.25, 0.3) is 0 Å². The molecule has 2 rings (SSSR count). The number of amides is 2. The van der Waals surface area contributed by atoms with Gasteiger partial charge in [-0.05, 0) is 47.1 Å². The van der Waals surface area contributed by atoms with Crippen LogP contribution in [-0.2, 0) is 4.79 Å². The van der Waals surface area contributed by atoms with Gasteiger partial charge in [0.1, 0.15) is 17.7 Å². The van der Waals surface area contributed by atoms with Gasteiger partial charge in [-0.25, -0.2) is 8.78 Å². The molecule has 2 aromatic rings. The number of carbonyl (C=O) groups is 2. The Balaban J connectivity index is 1.82. The van der Waals surface area contributed by atoms with E-state index in [0.29, 0.717) is 15.6 Å². The van der Waals surface area contributed by atoms with Crippen molar-refractivity contribution in [2.45, 2.75) is 13.0 Å². The van der Waals surface area contributed by atoms with E-state index in [2.05, 4.69) is 26.8 Å². The molecule has 0 aliphatic rings. The molecule has 2 amide bonds. The van der Waals surface area contributed by atoms with Crippen LogP contribution < -0.4 is 16.2 Å². The van der Waals surface area contributed by atoms with E-state index in [-0.39, 0.29) is 12.6 Å². The molecule has 0 fully saturated rings. The highest BCUT2D eigenvalue weighted by Crippen LogP contribution is 2.15. The fraction of sp³-hybridized carbons (Fsp3) is 0.176. The maximum absolute atomic E-state index is 13.7.